The van der Waals surface area contributed by atoms with Gasteiger partial charge in [-0.2, -0.15) is 0 Å². The summed E-state index contributed by atoms with van der Waals surface area (Å²) in [6.45, 7) is 2.60. The third kappa shape index (κ3) is 2.12. The molecule has 0 radical (unpaired) electrons. The molecule has 0 aromatic rings. The van der Waals surface area contributed by atoms with E-state index in [0.29, 0.717) is 0 Å². The van der Waals surface area contributed by atoms with Crippen LogP contribution in [0.4, 0.5) is 0 Å². The molecule has 0 aliphatic heterocycles. The van der Waals surface area contributed by atoms with Crippen LogP contribution in [0.25, 0.3) is 0 Å². The Labute approximate surface area is 86.4 Å². The molecule has 0 unspecified atom stereocenters. The van der Waals surface area contributed by atoms with Gasteiger partial charge in [0.2, 0.25) is 11.6 Å². The van der Waals surface area contributed by atoms with Crippen LogP contribution in [0.3, 0.4) is 0 Å². The lowest BCUT2D eigenvalue weighted by molar-refractivity contribution is -0.140. The van der Waals surface area contributed by atoms with Crippen LogP contribution in [0.15, 0.2) is 23.2 Å². The quantitative estimate of drug-likeness (QED) is 0.490. The van der Waals surface area contributed by atoms with Gasteiger partial charge in [0.15, 0.2) is 11.5 Å². The van der Waals surface area contributed by atoms with Gasteiger partial charge in [-0.3, -0.25) is 14.4 Å². The zero-order valence-electron chi connectivity index (χ0n) is 8.62. The van der Waals surface area contributed by atoms with E-state index < -0.39 is 17.5 Å². The first kappa shape index (κ1) is 11.2. The van der Waals surface area contributed by atoms with E-state index in [4.69, 9.17) is 4.74 Å². The fourth-order valence-electron chi connectivity index (χ4n) is 1.21. The molecule has 1 aliphatic rings. The number of hydrogen-bond acceptors (Lipinski definition) is 5. The monoisotopic (exact) mass is 210 g/mol. The second kappa shape index (κ2) is 4.08. The molecule has 80 valence electrons. The summed E-state index contributed by atoms with van der Waals surface area (Å²) < 4.78 is 9.36. The number of ketones is 2. The number of esters is 1. The summed E-state index contributed by atoms with van der Waals surface area (Å²) >= 11 is 0. The lowest BCUT2D eigenvalue weighted by Gasteiger charge is -2.14. The summed E-state index contributed by atoms with van der Waals surface area (Å²) in [4.78, 5) is 33.6. The predicted octanol–water partition coefficient (Wildman–Crippen LogP) is 0.506. The summed E-state index contributed by atoms with van der Waals surface area (Å²) in [5.74, 6) is -1.91. The second-order valence-corrected chi connectivity index (χ2v) is 2.95. The van der Waals surface area contributed by atoms with E-state index >= 15 is 0 Å². The number of hydrogen-bond donors (Lipinski definition) is 0. The van der Waals surface area contributed by atoms with Crippen molar-refractivity contribution in [2.45, 2.75) is 13.8 Å². The highest BCUT2D eigenvalue weighted by Gasteiger charge is 2.28. The van der Waals surface area contributed by atoms with Crippen molar-refractivity contribution in [3.63, 3.8) is 0 Å². The Balaban J connectivity index is 3.05. The molecule has 0 aromatic heterocycles. The smallest absolute Gasteiger partial charge is 0.308 e. The molecule has 0 saturated heterocycles. The normalized spacial score (nSPS) is 16.3. The van der Waals surface area contributed by atoms with E-state index in [0.717, 1.165) is 13.0 Å². The van der Waals surface area contributed by atoms with Gasteiger partial charge in [0.25, 0.3) is 0 Å². The number of methoxy groups -OCH3 is 1. The Kier molecular flexibility index (Phi) is 3.04. The number of rotatable bonds is 2. The molecule has 0 saturated carbocycles. The standard InChI is InChI=1S/C10H10O5/c1-5-9(13)8(15-6(2)11)4-7(12)10(5)14-3/h4H,1-3H3. The molecule has 0 aromatic carbocycles. The number of allylic oxidation sites excluding steroid dienone is 2. The highest BCUT2D eigenvalue weighted by atomic mass is 16.5. The average Bonchev–Trinajstić information content (AvgIpc) is 2.14. The molecule has 5 nitrogen and oxygen atoms in total. The van der Waals surface area contributed by atoms with Crippen molar-refractivity contribution in [1.82, 2.24) is 0 Å². The Morgan fingerprint density at radius 1 is 1.33 bits per heavy atom. The molecule has 0 heterocycles. The Morgan fingerprint density at radius 2 is 1.93 bits per heavy atom. The van der Waals surface area contributed by atoms with Gasteiger partial charge >= 0.3 is 5.97 Å². The summed E-state index contributed by atoms with van der Waals surface area (Å²) in [5.41, 5.74) is 0.140. The van der Waals surface area contributed by atoms with Gasteiger partial charge < -0.3 is 9.47 Å². The topological polar surface area (TPSA) is 69.7 Å². The summed E-state index contributed by atoms with van der Waals surface area (Å²) in [5, 5.41) is 0. The summed E-state index contributed by atoms with van der Waals surface area (Å²) in [7, 11) is 1.30. The number of Topliss-reactive ketones (excluding diaryl/α,β-unsaturated/α-hetero) is 1. The largest absolute Gasteiger partial charge is 0.492 e. The van der Waals surface area contributed by atoms with Gasteiger partial charge in [-0.05, 0) is 6.92 Å². The molecule has 0 N–H and O–H groups in total. The van der Waals surface area contributed by atoms with Gasteiger partial charge in [0, 0.05) is 18.6 Å². The van der Waals surface area contributed by atoms with Gasteiger partial charge in [-0.15, -0.1) is 0 Å². The van der Waals surface area contributed by atoms with E-state index in [1.165, 1.54) is 14.0 Å². The maximum atomic E-state index is 11.5. The first-order valence-electron chi connectivity index (χ1n) is 4.21. The Hall–Kier alpha value is -1.91. The number of carbonyl (C=O) groups is 3. The third-order valence-corrected chi connectivity index (χ3v) is 1.85. The lowest BCUT2D eigenvalue weighted by Crippen LogP contribution is -2.21. The fraction of sp³-hybridized carbons (Fsp3) is 0.300. The van der Waals surface area contributed by atoms with Crippen LogP contribution in [0, 0.1) is 0 Å². The molecular weight excluding hydrogens is 200 g/mol. The van der Waals surface area contributed by atoms with E-state index in [2.05, 4.69) is 4.74 Å². The van der Waals surface area contributed by atoms with Gasteiger partial charge in [0.1, 0.15) is 0 Å². The highest BCUT2D eigenvalue weighted by Crippen LogP contribution is 2.20. The van der Waals surface area contributed by atoms with Crippen molar-refractivity contribution in [3.05, 3.63) is 23.2 Å². The first-order valence-corrected chi connectivity index (χ1v) is 4.21. The fourth-order valence-corrected chi connectivity index (χ4v) is 1.21. The van der Waals surface area contributed by atoms with Crippen LogP contribution in [-0.2, 0) is 23.9 Å². The molecule has 15 heavy (non-hydrogen) atoms. The van der Waals surface area contributed by atoms with Crippen molar-refractivity contribution >= 4 is 17.5 Å². The van der Waals surface area contributed by atoms with Crippen molar-refractivity contribution in [1.29, 1.82) is 0 Å². The third-order valence-electron chi connectivity index (χ3n) is 1.85. The molecule has 1 rings (SSSR count). The second-order valence-electron chi connectivity index (χ2n) is 2.95. The van der Waals surface area contributed by atoms with Crippen LogP contribution in [-0.4, -0.2) is 24.6 Å². The van der Waals surface area contributed by atoms with Crippen LogP contribution in [0.2, 0.25) is 0 Å². The van der Waals surface area contributed by atoms with E-state index in [9.17, 15) is 14.4 Å². The molecule has 0 spiro atoms. The van der Waals surface area contributed by atoms with Gasteiger partial charge in [0.05, 0.1) is 7.11 Å². The van der Waals surface area contributed by atoms with Crippen LogP contribution in [0.5, 0.6) is 0 Å². The van der Waals surface area contributed by atoms with Crippen molar-refractivity contribution in [3.8, 4) is 0 Å². The van der Waals surface area contributed by atoms with Crippen molar-refractivity contribution in [2.24, 2.45) is 0 Å². The molecule has 0 atom stereocenters. The Morgan fingerprint density at radius 3 is 2.40 bits per heavy atom. The maximum absolute atomic E-state index is 11.5. The minimum Gasteiger partial charge on any atom is -0.492 e. The SMILES string of the molecule is COC1=C(C)C(=O)C(OC(C)=O)=CC1=O. The Bertz CT molecular complexity index is 400. The molecular formula is C10H10O5. The number of ether oxygens (including phenoxy) is 2. The van der Waals surface area contributed by atoms with Crippen LogP contribution >= 0.6 is 0 Å². The van der Waals surface area contributed by atoms with Gasteiger partial charge in [-0.1, -0.05) is 0 Å². The van der Waals surface area contributed by atoms with Crippen molar-refractivity contribution in [2.75, 3.05) is 7.11 Å². The number of carbonyl (C=O) groups excluding carboxylic acids is 3. The zero-order valence-corrected chi connectivity index (χ0v) is 8.62. The molecule has 1 aliphatic carbocycles. The van der Waals surface area contributed by atoms with E-state index in [-0.39, 0.29) is 17.1 Å². The van der Waals surface area contributed by atoms with Crippen LogP contribution in [0.1, 0.15) is 13.8 Å². The first-order chi connectivity index (χ1) is 6.97. The van der Waals surface area contributed by atoms with E-state index in [1.54, 1.807) is 0 Å². The predicted molar refractivity (Wildman–Crippen MR) is 49.6 cm³/mol. The minimum atomic E-state index is -0.643. The van der Waals surface area contributed by atoms with Crippen LogP contribution < -0.4 is 0 Å². The molecule has 0 bridgehead atoms. The summed E-state index contributed by atoms with van der Waals surface area (Å²) in [6, 6.07) is 0. The maximum Gasteiger partial charge on any atom is 0.308 e. The molecule has 5 heteroatoms. The van der Waals surface area contributed by atoms with Gasteiger partial charge in [-0.25, -0.2) is 0 Å². The molecule has 0 fully saturated rings. The average molecular weight is 210 g/mol. The highest BCUT2D eigenvalue weighted by molar-refractivity contribution is 6.21. The van der Waals surface area contributed by atoms with Crippen molar-refractivity contribution < 1.29 is 23.9 Å². The zero-order chi connectivity index (χ0) is 11.6. The minimum absolute atomic E-state index is 0.0177. The lowest BCUT2D eigenvalue weighted by atomic mass is 10.0. The molecule has 0 amide bonds. The van der Waals surface area contributed by atoms with E-state index in [1.807, 2.05) is 0 Å². The summed E-state index contributed by atoms with van der Waals surface area (Å²) in [6.07, 6.45) is 0.954.